The fraction of sp³-hybridized carbons (Fsp3) is 1.00. The first-order valence-corrected chi connectivity index (χ1v) is 7.29. The highest BCUT2D eigenvalue weighted by atomic mass is 15.2. The Labute approximate surface area is 107 Å². The molecular formula is C14H29N3. The van der Waals surface area contributed by atoms with Gasteiger partial charge in [-0.15, -0.1) is 0 Å². The van der Waals surface area contributed by atoms with Crippen LogP contribution in [0.1, 0.15) is 32.6 Å². The molecule has 2 heterocycles. The number of rotatable bonds is 4. The van der Waals surface area contributed by atoms with Crippen molar-refractivity contribution in [2.24, 2.45) is 5.92 Å². The van der Waals surface area contributed by atoms with Crippen LogP contribution in [0.15, 0.2) is 0 Å². The van der Waals surface area contributed by atoms with E-state index in [0.29, 0.717) is 6.04 Å². The predicted molar refractivity (Wildman–Crippen MR) is 73.3 cm³/mol. The molecular weight excluding hydrogens is 210 g/mol. The van der Waals surface area contributed by atoms with Gasteiger partial charge in [-0.3, -0.25) is 0 Å². The summed E-state index contributed by atoms with van der Waals surface area (Å²) in [5, 5.41) is 3.68. The van der Waals surface area contributed by atoms with Crippen LogP contribution in [-0.4, -0.2) is 62.2 Å². The fourth-order valence-electron chi connectivity index (χ4n) is 3.34. The van der Waals surface area contributed by atoms with Crippen molar-refractivity contribution in [1.82, 2.24) is 15.1 Å². The Morgan fingerprint density at radius 3 is 2.71 bits per heavy atom. The lowest BCUT2D eigenvalue weighted by Crippen LogP contribution is -2.49. The average molecular weight is 239 g/mol. The number of piperidine rings is 1. The lowest BCUT2D eigenvalue weighted by atomic mass is 9.92. The second kappa shape index (κ2) is 6.17. The Bertz CT molecular complexity index is 232. The van der Waals surface area contributed by atoms with E-state index in [1.165, 1.54) is 51.9 Å². The van der Waals surface area contributed by atoms with Crippen molar-refractivity contribution in [1.29, 1.82) is 0 Å². The van der Waals surface area contributed by atoms with Gasteiger partial charge in [0, 0.05) is 25.2 Å². The van der Waals surface area contributed by atoms with Gasteiger partial charge in [-0.05, 0) is 58.8 Å². The van der Waals surface area contributed by atoms with Crippen LogP contribution in [0.3, 0.4) is 0 Å². The molecule has 0 radical (unpaired) electrons. The molecule has 0 aromatic heterocycles. The van der Waals surface area contributed by atoms with Gasteiger partial charge in [0.05, 0.1) is 0 Å². The standard InChI is InChI=1S/C14H29N3/c1-12-6-4-8-15-14(12)11-16(2)10-13-7-5-9-17(13)3/h12-15H,4-11H2,1-3H3. The summed E-state index contributed by atoms with van der Waals surface area (Å²) in [7, 11) is 4.56. The largest absolute Gasteiger partial charge is 0.312 e. The molecule has 0 amide bonds. The predicted octanol–water partition coefficient (Wildman–Crippen LogP) is 1.40. The molecule has 0 aliphatic carbocycles. The maximum absolute atomic E-state index is 3.68. The van der Waals surface area contributed by atoms with Crippen molar-refractivity contribution < 1.29 is 0 Å². The summed E-state index contributed by atoms with van der Waals surface area (Å²) in [6, 6.07) is 1.50. The number of hydrogen-bond donors (Lipinski definition) is 1. The Morgan fingerprint density at radius 1 is 1.24 bits per heavy atom. The molecule has 0 spiro atoms. The minimum absolute atomic E-state index is 0.709. The van der Waals surface area contributed by atoms with E-state index in [1.807, 2.05) is 0 Å². The van der Waals surface area contributed by atoms with Gasteiger partial charge in [-0.1, -0.05) is 6.92 Å². The van der Waals surface area contributed by atoms with Crippen LogP contribution in [0.4, 0.5) is 0 Å². The number of nitrogens with one attached hydrogen (secondary N) is 1. The molecule has 0 aromatic rings. The first kappa shape index (κ1) is 13.3. The van der Waals surface area contributed by atoms with Crippen LogP contribution in [-0.2, 0) is 0 Å². The number of nitrogens with zero attached hydrogens (tertiary/aromatic N) is 2. The Hall–Kier alpha value is -0.120. The molecule has 2 saturated heterocycles. The van der Waals surface area contributed by atoms with Gasteiger partial charge in [0.15, 0.2) is 0 Å². The Balaban J connectivity index is 1.74. The second-order valence-corrected chi connectivity index (χ2v) is 6.18. The highest BCUT2D eigenvalue weighted by Crippen LogP contribution is 2.18. The van der Waals surface area contributed by atoms with Gasteiger partial charge in [-0.2, -0.15) is 0 Å². The van der Waals surface area contributed by atoms with Gasteiger partial charge < -0.3 is 15.1 Å². The van der Waals surface area contributed by atoms with E-state index in [9.17, 15) is 0 Å². The van der Waals surface area contributed by atoms with E-state index in [2.05, 4.69) is 36.1 Å². The zero-order valence-corrected chi connectivity index (χ0v) is 11.8. The molecule has 3 heteroatoms. The average Bonchev–Trinajstić information content (AvgIpc) is 2.68. The molecule has 2 aliphatic rings. The third kappa shape index (κ3) is 3.67. The van der Waals surface area contributed by atoms with E-state index < -0.39 is 0 Å². The Morgan fingerprint density at radius 2 is 2.06 bits per heavy atom. The molecule has 17 heavy (non-hydrogen) atoms. The minimum atomic E-state index is 0.709. The summed E-state index contributed by atoms with van der Waals surface area (Å²) in [5.74, 6) is 0.840. The second-order valence-electron chi connectivity index (χ2n) is 6.18. The van der Waals surface area contributed by atoms with Gasteiger partial charge in [0.2, 0.25) is 0 Å². The molecule has 3 nitrogen and oxygen atoms in total. The summed E-state index contributed by atoms with van der Waals surface area (Å²) < 4.78 is 0. The lowest BCUT2D eigenvalue weighted by molar-refractivity contribution is 0.177. The van der Waals surface area contributed by atoms with Crippen molar-refractivity contribution in [2.45, 2.75) is 44.7 Å². The molecule has 2 fully saturated rings. The molecule has 3 atom stereocenters. The van der Waals surface area contributed by atoms with Crippen LogP contribution >= 0.6 is 0 Å². The van der Waals surface area contributed by atoms with Gasteiger partial charge in [-0.25, -0.2) is 0 Å². The van der Waals surface area contributed by atoms with Crippen molar-refractivity contribution in [3.63, 3.8) is 0 Å². The maximum atomic E-state index is 3.68. The van der Waals surface area contributed by atoms with E-state index in [1.54, 1.807) is 0 Å². The normalized spacial score (nSPS) is 35.6. The third-order valence-electron chi connectivity index (χ3n) is 4.63. The van der Waals surface area contributed by atoms with Crippen LogP contribution < -0.4 is 5.32 Å². The monoisotopic (exact) mass is 239 g/mol. The van der Waals surface area contributed by atoms with Gasteiger partial charge in [0.1, 0.15) is 0 Å². The third-order valence-corrected chi connectivity index (χ3v) is 4.63. The van der Waals surface area contributed by atoms with E-state index in [-0.39, 0.29) is 0 Å². The van der Waals surface area contributed by atoms with E-state index in [4.69, 9.17) is 0 Å². The number of likely N-dealkylation sites (N-methyl/N-ethyl adjacent to an activating group) is 2. The van der Waals surface area contributed by atoms with Crippen LogP contribution in [0.5, 0.6) is 0 Å². The van der Waals surface area contributed by atoms with E-state index >= 15 is 0 Å². The highest BCUT2D eigenvalue weighted by molar-refractivity contribution is 4.84. The highest BCUT2D eigenvalue weighted by Gasteiger charge is 2.25. The molecule has 3 unspecified atom stereocenters. The number of likely N-dealkylation sites (tertiary alicyclic amines) is 1. The quantitative estimate of drug-likeness (QED) is 0.800. The van der Waals surface area contributed by atoms with Crippen molar-refractivity contribution in [2.75, 3.05) is 40.3 Å². The zero-order chi connectivity index (χ0) is 12.3. The number of hydrogen-bond acceptors (Lipinski definition) is 3. The summed E-state index contributed by atoms with van der Waals surface area (Å²) in [5.41, 5.74) is 0. The topological polar surface area (TPSA) is 18.5 Å². The lowest BCUT2D eigenvalue weighted by Gasteiger charge is -2.34. The Kier molecular flexibility index (Phi) is 4.83. The molecule has 100 valence electrons. The molecule has 2 rings (SSSR count). The smallest absolute Gasteiger partial charge is 0.0220 e. The first-order chi connectivity index (χ1) is 8.16. The van der Waals surface area contributed by atoms with Gasteiger partial charge >= 0.3 is 0 Å². The summed E-state index contributed by atoms with van der Waals surface area (Å²) in [6.07, 6.45) is 5.52. The minimum Gasteiger partial charge on any atom is -0.312 e. The molecule has 2 aliphatic heterocycles. The van der Waals surface area contributed by atoms with Crippen LogP contribution in [0.2, 0.25) is 0 Å². The van der Waals surface area contributed by atoms with Crippen LogP contribution in [0.25, 0.3) is 0 Å². The maximum Gasteiger partial charge on any atom is 0.0220 e. The van der Waals surface area contributed by atoms with Crippen LogP contribution in [0, 0.1) is 5.92 Å². The summed E-state index contributed by atoms with van der Waals surface area (Å²) in [6.45, 7) is 7.35. The molecule has 0 aromatic carbocycles. The van der Waals surface area contributed by atoms with Crippen molar-refractivity contribution in [3.05, 3.63) is 0 Å². The van der Waals surface area contributed by atoms with Gasteiger partial charge in [0.25, 0.3) is 0 Å². The summed E-state index contributed by atoms with van der Waals surface area (Å²) >= 11 is 0. The fourth-order valence-corrected chi connectivity index (χ4v) is 3.34. The SMILES string of the molecule is CC1CCCNC1CN(C)CC1CCCN1C. The van der Waals surface area contributed by atoms with Crippen molar-refractivity contribution in [3.8, 4) is 0 Å². The zero-order valence-electron chi connectivity index (χ0n) is 11.8. The molecule has 0 bridgehead atoms. The molecule has 1 N–H and O–H groups in total. The summed E-state index contributed by atoms with van der Waals surface area (Å²) in [4.78, 5) is 5.06. The van der Waals surface area contributed by atoms with E-state index in [0.717, 1.165) is 12.0 Å². The molecule has 0 saturated carbocycles. The first-order valence-electron chi connectivity index (χ1n) is 7.29. The van der Waals surface area contributed by atoms with Crippen molar-refractivity contribution >= 4 is 0 Å².